The quantitative estimate of drug-likeness (QED) is 0.210. The monoisotopic (exact) mass is 426 g/mol. The predicted molar refractivity (Wildman–Crippen MR) is 125 cm³/mol. The van der Waals surface area contributed by atoms with Crippen molar-refractivity contribution in [3.63, 3.8) is 0 Å². The molecule has 4 rings (SSSR count). The Labute approximate surface area is 185 Å². The molecule has 4 aromatic rings. The van der Waals surface area contributed by atoms with Crippen molar-refractivity contribution in [2.24, 2.45) is 0 Å². The third-order valence-electron chi connectivity index (χ3n) is 5.23. The summed E-state index contributed by atoms with van der Waals surface area (Å²) in [4.78, 5) is 23.3. The Kier molecular flexibility index (Phi) is 5.90. The molecule has 5 nitrogen and oxygen atoms in total. The van der Waals surface area contributed by atoms with Crippen LogP contribution in [0.3, 0.4) is 0 Å². The number of esters is 1. The van der Waals surface area contributed by atoms with Gasteiger partial charge in [0.1, 0.15) is 5.76 Å². The fourth-order valence-electron chi connectivity index (χ4n) is 3.62. The number of fused-ring (bicyclic) bond motifs is 1. The minimum Gasteiger partial charge on any atom is -0.493 e. The van der Waals surface area contributed by atoms with Gasteiger partial charge in [-0.15, -0.1) is 0 Å². The average Bonchev–Trinajstić information content (AvgIpc) is 3.22. The Bertz CT molecular complexity index is 1310. The van der Waals surface area contributed by atoms with Crippen LogP contribution < -0.4 is 4.74 Å². The molecule has 160 valence electrons. The van der Waals surface area contributed by atoms with Gasteiger partial charge in [0.2, 0.25) is 0 Å². The molecule has 0 aliphatic carbocycles. The summed E-state index contributed by atoms with van der Waals surface area (Å²) >= 11 is 0. The Hall–Kier alpha value is -4.12. The molecule has 0 amide bonds. The van der Waals surface area contributed by atoms with E-state index in [0.29, 0.717) is 22.7 Å². The number of ketones is 1. The van der Waals surface area contributed by atoms with Gasteiger partial charge in [-0.3, -0.25) is 4.79 Å². The highest BCUT2D eigenvalue weighted by Gasteiger charge is 2.21. The zero-order valence-corrected chi connectivity index (χ0v) is 18.0. The SMILES string of the molecule is COC(=O)C=Cc1cc(OC)c2oc(-c3ccccc3)c(-c3ccc(C(C)=O)cc3)c2c1. The molecule has 1 heterocycles. The number of hydrogen-bond acceptors (Lipinski definition) is 5. The van der Waals surface area contributed by atoms with Crippen molar-refractivity contribution in [1.29, 1.82) is 0 Å². The van der Waals surface area contributed by atoms with E-state index in [4.69, 9.17) is 13.9 Å². The second kappa shape index (κ2) is 8.94. The van der Waals surface area contributed by atoms with Gasteiger partial charge >= 0.3 is 5.97 Å². The Morgan fingerprint density at radius 3 is 2.25 bits per heavy atom. The molecule has 0 unspecified atom stereocenters. The van der Waals surface area contributed by atoms with Gasteiger partial charge in [-0.25, -0.2) is 4.79 Å². The summed E-state index contributed by atoms with van der Waals surface area (Å²) in [6.07, 6.45) is 3.03. The molecule has 32 heavy (non-hydrogen) atoms. The van der Waals surface area contributed by atoms with Gasteiger partial charge in [-0.2, -0.15) is 0 Å². The molecule has 0 saturated carbocycles. The van der Waals surface area contributed by atoms with Crippen molar-refractivity contribution in [2.45, 2.75) is 6.92 Å². The van der Waals surface area contributed by atoms with Crippen molar-refractivity contribution in [3.05, 3.63) is 83.9 Å². The number of Topliss-reactive ketones (excluding diaryl/α,β-unsaturated/α-hetero) is 1. The lowest BCUT2D eigenvalue weighted by Crippen LogP contribution is -1.93. The number of methoxy groups -OCH3 is 2. The molecule has 0 atom stereocenters. The first-order valence-electron chi connectivity index (χ1n) is 10.1. The van der Waals surface area contributed by atoms with Crippen LogP contribution in [0.25, 0.3) is 39.5 Å². The van der Waals surface area contributed by atoms with Crippen molar-refractivity contribution < 1.29 is 23.5 Å². The molecule has 0 aliphatic rings. The van der Waals surface area contributed by atoms with Crippen LogP contribution in [0.4, 0.5) is 0 Å². The third kappa shape index (κ3) is 4.05. The molecule has 0 N–H and O–H groups in total. The van der Waals surface area contributed by atoms with E-state index in [1.54, 1.807) is 20.1 Å². The largest absolute Gasteiger partial charge is 0.493 e. The van der Waals surface area contributed by atoms with Gasteiger partial charge in [-0.05, 0) is 36.3 Å². The van der Waals surface area contributed by atoms with Gasteiger partial charge in [0.15, 0.2) is 17.1 Å². The summed E-state index contributed by atoms with van der Waals surface area (Å²) in [6.45, 7) is 1.54. The van der Waals surface area contributed by atoms with Crippen LogP contribution >= 0.6 is 0 Å². The van der Waals surface area contributed by atoms with Crippen LogP contribution in [0, 0.1) is 0 Å². The van der Waals surface area contributed by atoms with Crippen LogP contribution in [-0.4, -0.2) is 26.0 Å². The lowest BCUT2D eigenvalue weighted by atomic mass is 9.96. The van der Waals surface area contributed by atoms with Crippen LogP contribution in [0.5, 0.6) is 5.75 Å². The number of carbonyl (C=O) groups excluding carboxylic acids is 2. The van der Waals surface area contributed by atoms with Crippen LogP contribution in [0.15, 0.2) is 77.2 Å². The molecule has 5 heteroatoms. The minimum absolute atomic E-state index is 0.00814. The Balaban J connectivity index is 2.00. The van der Waals surface area contributed by atoms with Crippen LogP contribution in [-0.2, 0) is 9.53 Å². The second-order valence-electron chi connectivity index (χ2n) is 7.26. The minimum atomic E-state index is -0.443. The maximum Gasteiger partial charge on any atom is 0.330 e. The summed E-state index contributed by atoms with van der Waals surface area (Å²) in [5.41, 5.74) is 4.72. The molecule has 0 radical (unpaired) electrons. The van der Waals surface area contributed by atoms with E-state index in [0.717, 1.165) is 27.6 Å². The molecule has 3 aromatic carbocycles. The molecular formula is C27H22O5. The summed E-state index contributed by atoms with van der Waals surface area (Å²) in [7, 11) is 2.91. The topological polar surface area (TPSA) is 65.7 Å². The summed E-state index contributed by atoms with van der Waals surface area (Å²) in [5, 5.41) is 0.836. The average molecular weight is 426 g/mol. The Morgan fingerprint density at radius 2 is 1.62 bits per heavy atom. The van der Waals surface area contributed by atoms with Gasteiger partial charge in [0, 0.05) is 28.2 Å². The van der Waals surface area contributed by atoms with Crippen molar-refractivity contribution >= 4 is 28.8 Å². The van der Waals surface area contributed by atoms with Gasteiger partial charge < -0.3 is 13.9 Å². The van der Waals surface area contributed by atoms with Gasteiger partial charge in [-0.1, -0.05) is 54.6 Å². The van der Waals surface area contributed by atoms with Gasteiger partial charge in [0.05, 0.1) is 14.2 Å². The Morgan fingerprint density at radius 1 is 0.906 bits per heavy atom. The van der Waals surface area contributed by atoms with Crippen LogP contribution in [0.1, 0.15) is 22.8 Å². The van der Waals surface area contributed by atoms with E-state index >= 15 is 0 Å². The van der Waals surface area contributed by atoms with Crippen molar-refractivity contribution in [3.8, 4) is 28.2 Å². The lowest BCUT2D eigenvalue weighted by Gasteiger charge is -2.06. The third-order valence-corrected chi connectivity index (χ3v) is 5.23. The highest BCUT2D eigenvalue weighted by atomic mass is 16.5. The number of rotatable bonds is 6. The van der Waals surface area contributed by atoms with E-state index in [1.807, 2.05) is 66.7 Å². The fraction of sp³-hybridized carbons (Fsp3) is 0.111. The van der Waals surface area contributed by atoms with E-state index in [1.165, 1.54) is 13.2 Å². The molecule has 0 fully saturated rings. The van der Waals surface area contributed by atoms with Crippen molar-refractivity contribution in [1.82, 2.24) is 0 Å². The lowest BCUT2D eigenvalue weighted by molar-refractivity contribution is -0.134. The summed E-state index contributed by atoms with van der Waals surface area (Å²) < 4.78 is 16.6. The zero-order chi connectivity index (χ0) is 22.7. The molecule has 0 bridgehead atoms. The van der Waals surface area contributed by atoms with Crippen molar-refractivity contribution in [2.75, 3.05) is 14.2 Å². The zero-order valence-electron chi connectivity index (χ0n) is 18.0. The molecule has 1 aromatic heterocycles. The summed E-state index contributed by atoms with van der Waals surface area (Å²) in [6, 6.07) is 21.0. The fourth-order valence-corrected chi connectivity index (χ4v) is 3.62. The molecule has 0 aliphatic heterocycles. The van der Waals surface area contributed by atoms with E-state index in [9.17, 15) is 9.59 Å². The van der Waals surface area contributed by atoms with E-state index < -0.39 is 5.97 Å². The van der Waals surface area contributed by atoms with E-state index in [2.05, 4.69) is 0 Å². The summed E-state index contributed by atoms with van der Waals surface area (Å²) in [5.74, 6) is 0.814. The maximum atomic E-state index is 11.7. The first-order chi connectivity index (χ1) is 15.5. The molecular weight excluding hydrogens is 404 g/mol. The normalized spacial score (nSPS) is 11.1. The maximum absolute atomic E-state index is 11.7. The smallest absolute Gasteiger partial charge is 0.330 e. The molecule has 0 saturated heterocycles. The number of furan rings is 1. The van der Waals surface area contributed by atoms with E-state index in [-0.39, 0.29) is 5.78 Å². The second-order valence-corrected chi connectivity index (χ2v) is 7.26. The number of ether oxygens (including phenoxy) is 2. The highest BCUT2D eigenvalue weighted by Crippen LogP contribution is 2.44. The standard InChI is InChI=1S/C27H22O5/c1-17(28)19-10-12-20(13-11-19)25-22-15-18(9-14-24(29)31-3)16-23(30-2)27(22)32-26(25)21-7-5-4-6-8-21/h4-16H,1-3H3. The highest BCUT2D eigenvalue weighted by molar-refractivity contribution is 6.05. The number of carbonyl (C=O) groups is 2. The predicted octanol–water partition coefficient (Wildman–Crippen LogP) is 6.16. The first kappa shape index (κ1) is 21.1. The first-order valence-corrected chi connectivity index (χ1v) is 10.1. The van der Waals surface area contributed by atoms with Gasteiger partial charge in [0.25, 0.3) is 0 Å². The number of hydrogen-bond donors (Lipinski definition) is 0. The van der Waals surface area contributed by atoms with Crippen LogP contribution in [0.2, 0.25) is 0 Å². The molecule has 0 spiro atoms. The number of benzene rings is 3.